The van der Waals surface area contributed by atoms with Gasteiger partial charge in [0.15, 0.2) is 5.82 Å². The summed E-state index contributed by atoms with van der Waals surface area (Å²) in [6.07, 6.45) is 0.662. The van der Waals surface area contributed by atoms with Crippen molar-refractivity contribution < 1.29 is 9.32 Å². The van der Waals surface area contributed by atoms with Gasteiger partial charge in [-0.2, -0.15) is 4.98 Å². The Labute approximate surface area is 148 Å². The van der Waals surface area contributed by atoms with Gasteiger partial charge in [0.1, 0.15) is 5.01 Å². The van der Waals surface area contributed by atoms with E-state index in [0.717, 1.165) is 10.6 Å². The number of carbonyl (C=O) groups excluding carboxylic acids is 1. The fourth-order valence-electron chi connectivity index (χ4n) is 2.06. The largest absolute Gasteiger partial charge is 0.339 e. The van der Waals surface area contributed by atoms with E-state index in [4.69, 9.17) is 4.52 Å². The lowest BCUT2D eigenvalue weighted by molar-refractivity contribution is 0.219. The molecule has 0 aliphatic carbocycles. The number of amides is 2. The number of nitrogens with zero attached hydrogens (tertiary/aromatic N) is 5. The van der Waals surface area contributed by atoms with Crippen LogP contribution in [0.2, 0.25) is 0 Å². The van der Waals surface area contributed by atoms with Gasteiger partial charge in [0.25, 0.3) is 0 Å². The lowest BCUT2D eigenvalue weighted by Gasteiger charge is -2.14. The molecule has 3 rings (SSSR count). The van der Waals surface area contributed by atoms with Crippen molar-refractivity contribution in [3.8, 4) is 10.6 Å². The van der Waals surface area contributed by atoms with E-state index < -0.39 is 0 Å². The van der Waals surface area contributed by atoms with Gasteiger partial charge in [-0.15, -0.1) is 10.2 Å². The number of rotatable bonds is 5. The molecule has 0 aliphatic heterocycles. The molecule has 0 saturated heterocycles. The number of hydrogen-bond acceptors (Lipinski definition) is 7. The van der Waals surface area contributed by atoms with Crippen LogP contribution in [-0.2, 0) is 13.0 Å². The van der Waals surface area contributed by atoms with Crippen LogP contribution in [0.4, 0.5) is 9.93 Å². The standard InChI is InChI=1S/C16H18N6O2S/c1-4-13-17-12(21-24-13)9-22(3)16(23)18-15-20-19-14(25-15)11-7-5-10(2)6-8-11/h5-8H,4,9H2,1-3H3,(H,18,20,23). The van der Waals surface area contributed by atoms with Gasteiger partial charge < -0.3 is 9.42 Å². The van der Waals surface area contributed by atoms with Crippen LogP contribution in [0.1, 0.15) is 24.2 Å². The van der Waals surface area contributed by atoms with Gasteiger partial charge in [-0.05, 0) is 6.92 Å². The van der Waals surface area contributed by atoms with Gasteiger partial charge >= 0.3 is 6.03 Å². The SMILES string of the molecule is CCc1nc(CN(C)C(=O)Nc2nnc(-c3ccc(C)cc3)s2)no1. The predicted octanol–water partition coefficient (Wildman–Crippen LogP) is 3.12. The molecule has 0 fully saturated rings. The van der Waals surface area contributed by atoms with Gasteiger partial charge in [0.2, 0.25) is 11.0 Å². The van der Waals surface area contributed by atoms with Crippen molar-refractivity contribution in [3.05, 3.63) is 41.5 Å². The highest BCUT2D eigenvalue weighted by Gasteiger charge is 2.15. The summed E-state index contributed by atoms with van der Waals surface area (Å²) in [5.41, 5.74) is 2.15. The molecule has 25 heavy (non-hydrogen) atoms. The van der Waals surface area contributed by atoms with Crippen LogP contribution < -0.4 is 5.32 Å². The van der Waals surface area contributed by atoms with Crippen LogP contribution in [0.3, 0.4) is 0 Å². The number of nitrogens with one attached hydrogen (secondary N) is 1. The highest BCUT2D eigenvalue weighted by atomic mass is 32.1. The average Bonchev–Trinajstić information content (AvgIpc) is 3.25. The summed E-state index contributed by atoms with van der Waals surface area (Å²) in [5, 5.41) is 15.9. The second-order valence-electron chi connectivity index (χ2n) is 5.52. The lowest BCUT2D eigenvalue weighted by Crippen LogP contribution is -2.31. The molecule has 0 bridgehead atoms. The molecule has 1 N–H and O–H groups in total. The first-order chi connectivity index (χ1) is 12.0. The molecule has 0 saturated carbocycles. The monoisotopic (exact) mass is 358 g/mol. The second-order valence-corrected chi connectivity index (χ2v) is 6.50. The van der Waals surface area contributed by atoms with Crippen molar-refractivity contribution in [1.29, 1.82) is 0 Å². The zero-order valence-corrected chi connectivity index (χ0v) is 15.0. The molecule has 3 aromatic rings. The third kappa shape index (κ3) is 4.18. The topological polar surface area (TPSA) is 97.0 Å². The number of anilines is 1. The zero-order valence-electron chi connectivity index (χ0n) is 14.2. The van der Waals surface area contributed by atoms with Crippen LogP contribution in [0.25, 0.3) is 10.6 Å². The molecule has 0 atom stereocenters. The van der Waals surface area contributed by atoms with E-state index in [1.165, 1.54) is 21.8 Å². The number of aromatic nitrogens is 4. The van der Waals surface area contributed by atoms with E-state index in [-0.39, 0.29) is 12.6 Å². The van der Waals surface area contributed by atoms with E-state index in [2.05, 4.69) is 25.7 Å². The molecular weight excluding hydrogens is 340 g/mol. The van der Waals surface area contributed by atoms with Crippen LogP contribution in [0.5, 0.6) is 0 Å². The Morgan fingerprint density at radius 1 is 1.28 bits per heavy atom. The van der Waals surface area contributed by atoms with Gasteiger partial charge in [-0.25, -0.2) is 4.79 Å². The minimum atomic E-state index is -0.311. The number of hydrogen-bond donors (Lipinski definition) is 1. The fraction of sp³-hybridized carbons (Fsp3) is 0.312. The summed E-state index contributed by atoms with van der Waals surface area (Å²) >= 11 is 1.32. The summed E-state index contributed by atoms with van der Waals surface area (Å²) < 4.78 is 5.03. The number of carbonyl (C=O) groups is 1. The molecule has 1 aromatic carbocycles. The van der Waals surface area contributed by atoms with E-state index in [9.17, 15) is 4.79 Å². The Balaban J connectivity index is 1.61. The first-order valence-electron chi connectivity index (χ1n) is 7.79. The normalized spacial score (nSPS) is 10.7. The van der Waals surface area contributed by atoms with Gasteiger partial charge in [-0.3, -0.25) is 5.32 Å². The maximum absolute atomic E-state index is 12.3. The Hall–Kier alpha value is -2.81. The third-order valence-electron chi connectivity index (χ3n) is 3.48. The Kier molecular flexibility index (Phi) is 5.03. The number of aryl methyl sites for hydroxylation is 2. The molecule has 8 nitrogen and oxygen atoms in total. The van der Waals surface area contributed by atoms with E-state index in [1.807, 2.05) is 38.1 Å². The summed E-state index contributed by atoms with van der Waals surface area (Å²) in [6.45, 7) is 4.20. The van der Waals surface area contributed by atoms with Crippen LogP contribution >= 0.6 is 11.3 Å². The summed E-state index contributed by atoms with van der Waals surface area (Å²) in [5.74, 6) is 1.02. The minimum absolute atomic E-state index is 0.249. The second kappa shape index (κ2) is 7.39. The third-order valence-corrected chi connectivity index (χ3v) is 4.36. The van der Waals surface area contributed by atoms with Crippen LogP contribution in [0.15, 0.2) is 28.8 Å². The zero-order chi connectivity index (χ0) is 17.8. The Morgan fingerprint density at radius 3 is 2.72 bits per heavy atom. The molecule has 2 aromatic heterocycles. The van der Waals surface area contributed by atoms with Crippen molar-refractivity contribution in [3.63, 3.8) is 0 Å². The quantitative estimate of drug-likeness (QED) is 0.752. The molecule has 9 heteroatoms. The molecule has 0 unspecified atom stereocenters. The Bertz CT molecular complexity index is 858. The van der Waals surface area contributed by atoms with Gasteiger partial charge in [0.05, 0.1) is 6.54 Å². The molecule has 0 aliphatic rings. The average molecular weight is 358 g/mol. The van der Waals surface area contributed by atoms with Crippen molar-refractivity contribution in [2.45, 2.75) is 26.8 Å². The molecule has 0 spiro atoms. The van der Waals surface area contributed by atoms with Gasteiger partial charge in [0, 0.05) is 19.0 Å². The molecule has 2 heterocycles. The van der Waals surface area contributed by atoms with Gasteiger partial charge in [-0.1, -0.05) is 53.2 Å². The molecule has 130 valence electrons. The van der Waals surface area contributed by atoms with Crippen molar-refractivity contribution in [1.82, 2.24) is 25.2 Å². The predicted molar refractivity (Wildman–Crippen MR) is 94.2 cm³/mol. The first kappa shape index (κ1) is 17.0. The van der Waals surface area contributed by atoms with Crippen molar-refractivity contribution in [2.24, 2.45) is 0 Å². The number of benzene rings is 1. The van der Waals surface area contributed by atoms with E-state index >= 15 is 0 Å². The first-order valence-corrected chi connectivity index (χ1v) is 8.61. The highest BCUT2D eigenvalue weighted by molar-refractivity contribution is 7.18. The van der Waals surface area contributed by atoms with Crippen LogP contribution in [0, 0.1) is 6.92 Å². The lowest BCUT2D eigenvalue weighted by atomic mass is 10.2. The molecule has 2 amide bonds. The molecular formula is C16H18N6O2S. The van der Waals surface area contributed by atoms with Crippen molar-refractivity contribution >= 4 is 22.5 Å². The molecule has 0 radical (unpaired) electrons. The summed E-state index contributed by atoms with van der Waals surface area (Å²) in [7, 11) is 1.65. The maximum atomic E-state index is 12.3. The maximum Gasteiger partial charge on any atom is 0.323 e. The minimum Gasteiger partial charge on any atom is -0.339 e. The summed E-state index contributed by atoms with van der Waals surface area (Å²) in [4.78, 5) is 17.9. The Morgan fingerprint density at radius 2 is 2.04 bits per heavy atom. The number of urea groups is 1. The van der Waals surface area contributed by atoms with Crippen LogP contribution in [-0.4, -0.2) is 38.3 Å². The fourth-order valence-corrected chi connectivity index (χ4v) is 2.79. The van der Waals surface area contributed by atoms with E-state index in [1.54, 1.807) is 7.05 Å². The smallest absolute Gasteiger partial charge is 0.323 e. The summed E-state index contributed by atoms with van der Waals surface area (Å²) in [6, 6.07) is 7.68. The van der Waals surface area contributed by atoms with E-state index in [0.29, 0.717) is 23.3 Å². The highest BCUT2D eigenvalue weighted by Crippen LogP contribution is 2.26. The van der Waals surface area contributed by atoms with Crippen molar-refractivity contribution in [2.75, 3.05) is 12.4 Å².